The van der Waals surface area contributed by atoms with Gasteiger partial charge in [-0.1, -0.05) is 0 Å². The van der Waals surface area contributed by atoms with Crippen LogP contribution in [0.3, 0.4) is 0 Å². The molecule has 0 bridgehead atoms. The van der Waals surface area contributed by atoms with Crippen LogP contribution in [0.25, 0.3) is 0 Å². The summed E-state index contributed by atoms with van der Waals surface area (Å²) >= 11 is 0. The quantitative estimate of drug-likeness (QED) is 0.810. The molecule has 8 heteroatoms. The number of aryl methyl sites for hydroxylation is 1. The predicted octanol–water partition coefficient (Wildman–Crippen LogP) is 2.05. The van der Waals surface area contributed by atoms with Crippen LogP contribution in [-0.4, -0.2) is 29.4 Å². The number of methoxy groups -OCH3 is 1. The van der Waals surface area contributed by atoms with Gasteiger partial charge in [-0.2, -0.15) is 0 Å². The Bertz CT molecular complexity index is 898. The van der Waals surface area contributed by atoms with E-state index in [9.17, 15) is 19.8 Å². The van der Waals surface area contributed by atoms with E-state index in [1.165, 1.54) is 19.2 Å². The molecule has 132 valence electrons. The number of aromatic hydroxyl groups is 2. The van der Waals surface area contributed by atoms with Gasteiger partial charge in [0.25, 0.3) is 0 Å². The summed E-state index contributed by atoms with van der Waals surface area (Å²) in [6.07, 6.45) is -1.57. The molecule has 2 aromatic rings. The first-order valence-electron chi connectivity index (χ1n) is 7.44. The van der Waals surface area contributed by atoms with E-state index >= 15 is 0 Å². The maximum Gasteiger partial charge on any atom is 0.342 e. The highest BCUT2D eigenvalue weighted by Gasteiger charge is 2.39. The Morgan fingerprint density at radius 3 is 2.52 bits per heavy atom. The summed E-state index contributed by atoms with van der Waals surface area (Å²) < 4.78 is 20.8. The molecule has 1 aromatic heterocycles. The lowest BCUT2D eigenvalue weighted by Crippen LogP contribution is -2.33. The molecule has 25 heavy (non-hydrogen) atoms. The molecular formula is C17H16O8. The number of hydrogen-bond donors (Lipinski definition) is 2. The molecule has 2 heterocycles. The van der Waals surface area contributed by atoms with Crippen molar-refractivity contribution < 1.29 is 33.6 Å². The Labute approximate surface area is 142 Å². The molecule has 0 amide bonds. The van der Waals surface area contributed by atoms with Gasteiger partial charge in [-0.05, 0) is 19.9 Å². The standard InChI is InChI=1S/C17H16O8/c1-7-4-9(5-12(19)23-7)25-15-8(2)24-17(21)13-10(15)6-11(18)16(22-3)14(13)20/h4-6,8,15,18,20H,1-3H3/t8-,15+/m0/s1. The molecule has 0 saturated carbocycles. The number of rotatable bonds is 3. The molecule has 0 unspecified atom stereocenters. The van der Waals surface area contributed by atoms with Crippen LogP contribution < -0.4 is 15.1 Å². The monoisotopic (exact) mass is 348 g/mol. The molecule has 3 rings (SSSR count). The minimum Gasteiger partial charge on any atom is -0.504 e. The fourth-order valence-corrected chi connectivity index (χ4v) is 2.79. The van der Waals surface area contributed by atoms with Gasteiger partial charge in [0, 0.05) is 11.6 Å². The number of fused-ring (bicyclic) bond motifs is 1. The van der Waals surface area contributed by atoms with Gasteiger partial charge in [0.05, 0.1) is 13.2 Å². The fraction of sp³-hybridized carbons (Fsp3) is 0.294. The number of cyclic esters (lactones) is 1. The van der Waals surface area contributed by atoms with Crippen LogP contribution in [0.4, 0.5) is 0 Å². The van der Waals surface area contributed by atoms with Gasteiger partial charge in [0.2, 0.25) is 5.75 Å². The number of ether oxygens (including phenoxy) is 3. The topological polar surface area (TPSA) is 115 Å². The van der Waals surface area contributed by atoms with E-state index in [2.05, 4.69) is 0 Å². The van der Waals surface area contributed by atoms with Crippen LogP contribution in [0.2, 0.25) is 0 Å². The normalized spacial score (nSPS) is 19.1. The summed E-state index contributed by atoms with van der Waals surface area (Å²) in [7, 11) is 1.25. The third-order valence-electron chi connectivity index (χ3n) is 3.83. The van der Waals surface area contributed by atoms with Crippen LogP contribution >= 0.6 is 0 Å². The highest BCUT2D eigenvalue weighted by molar-refractivity contribution is 5.97. The van der Waals surface area contributed by atoms with Gasteiger partial charge in [-0.3, -0.25) is 0 Å². The molecule has 2 N–H and O–H groups in total. The van der Waals surface area contributed by atoms with Crippen molar-refractivity contribution in [2.75, 3.05) is 7.11 Å². The first-order valence-corrected chi connectivity index (χ1v) is 7.44. The lowest BCUT2D eigenvalue weighted by molar-refractivity contribution is -0.0131. The lowest BCUT2D eigenvalue weighted by Gasteiger charge is -2.31. The van der Waals surface area contributed by atoms with E-state index < -0.39 is 29.6 Å². The maximum absolute atomic E-state index is 12.2. The van der Waals surface area contributed by atoms with Gasteiger partial charge in [-0.25, -0.2) is 9.59 Å². The van der Waals surface area contributed by atoms with E-state index in [1.54, 1.807) is 13.8 Å². The molecule has 8 nitrogen and oxygen atoms in total. The second-order valence-corrected chi connectivity index (χ2v) is 5.61. The summed E-state index contributed by atoms with van der Waals surface area (Å²) in [4.78, 5) is 23.7. The lowest BCUT2D eigenvalue weighted by atomic mass is 9.94. The molecule has 1 aliphatic heterocycles. The minimum atomic E-state index is -0.850. The molecule has 1 aliphatic rings. The van der Waals surface area contributed by atoms with Crippen LogP contribution in [0.1, 0.15) is 34.7 Å². The molecule has 0 saturated heterocycles. The molecular weight excluding hydrogens is 332 g/mol. The smallest absolute Gasteiger partial charge is 0.342 e. The summed E-state index contributed by atoms with van der Waals surface area (Å²) in [6, 6.07) is 3.93. The number of esters is 1. The fourth-order valence-electron chi connectivity index (χ4n) is 2.79. The highest BCUT2D eigenvalue weighted by Crippen LogP contribution is 2.46. The van der Waals surface area contributed by atoms with Crippen molar-refractivity contribution in [2.45, 2.75) is 26.1 Å². The van der Waals surface area contributed by atoms with Crippen LogP contribution in [0.15, 0.2) is 27.4 Å². The Morgan fingerprint density at radius 1 is 1.16 bits per heavy atom. The number of carbonyl (C=O) groups is 1. The van der Waals surface area contributed by atoms with Crippen molar-refractivity contribution in [1.82, 2.24) is 0 Å². The Kier molecular flexibility index (Phi) is 4.03. The summed E-state index contributed by atoms with van der Waals surface area (Å²) in [5.41, 5.74) is -0.515. The van der Waals surface area contributed by atoms with Gasteiger partial charge < -0.3 is 28.8 Å². The molecule has 1 aromatic carbocycles. The first kappa shape index (κ1) is 16.7. The van der Waals surface area contributed by atoms with Gasteiger partial charge >= 0.3 is 11.6 Å². The average molecular weight is 348 g/mol. The zero-order valence-electron chi connectivity index (χ0n) is 13.7. The van der Waals surface area contributed by atoms with Crippen molar-refractivity contribution in [1.29, 1.82) is 0 Å². The molecule has 0 radical (unpaired) electrons. The molecule has 0 spiro atoms. The zero-order valence-corrected chi connectivity index (χ0v) is 13.7. The second kappa shape index (κ2) is 6.04. The largest absolute Gasteiger partial charge is 0.504 e. The Balaban J connectivity index is 2.11. The van der Waals surface area contributed by atoms with Crippen LogP contribution in [-0.2, 0) is 4.74 Å². The number of carbonyl (C=O) groups excluding carboxylic acids is 1. The number of phenolic OH excluding ortho intramolecular Hbond substituents is 2. The number of hydrogen-bond acceptors (Lipinski definition) is 8. The van der Waals surface area contributed by atoms with Gasteiger partial charge in [-0.15, -0.1) is 0 Å². The van der Waals surface area contributed by atoms with E-state index in [0.29, 0.717) is 5.76 Å². The van der Waals surface area contributed by atoms with Crippen molar-refractivity contribution in [2.24, 2.45) is 0 Å². The number of phenols is 2. The number of benzene rings is 1. The van der Waals surface area contributed by atoms with Crippen molar-refractivity contribution in [3.63, 3.8) is 0 Å². The predicted molar refractivity (Wildman–Crippen MR) is 84.3 cm³/mol. The van der Waals surface area contributed by atoms with Crippen molar-refractivity contribution >= 4 is 5.97 Å². The highest BCUT2D eigenvalue weighted by atomic mass is 16.6. The third kappa shape index (κ3) is 2.86. The SMILES string of the molecule is COc1c(O)cc2c(c1O)C(=O)O[C@@H](C)[C@H]2Oc1cc(C)oc(=O)c1. The van der Waals surface area contributed by atoms with Crippen molar-refractivity contribution in [3.05, 3.63) is 45.5 Å². The Hall–Kier alpha value is -3.16. The first-order chi connectivity index (χ1) is 11.8. The van der Waals surface area contributed by atoms with E-state index in [4.69, 9.17) is 18.6 Å². The second-order valence-electron chi connectivity index (χ2n) is 5.61. The summed E-state index contributed by atoms with van der Waals surface area (Å²) in [6.45, 7) is 3.19. The molecule has 0 aliphatic carbocycles. The van der Waals surface area contributed by atoms with Crippen LogP contribution in [0, 0.1) is 6.92 Å². The summed E-state index contributed by atoms with van der Waals surface area (Å²) in [5.74, 6) is -1.32. The van der Waals surface area contributed by atoms with E-state index in [0.717, 1.165) is 6.07 Å². The molecule has 2 atom stereocenters. The Morgan fingerprint density at radius 2 is 1.88 bits per heavy atom. The summed E-state index contributed by atoms with van der Waals surface area (Å²) in [5, 5.41) is 20.3. The van der Waals surface area contributed by atoms with Crippen LogP contribution in [0.5, 0.6) is 23.0 Å². The van der Waals surface area contributed by atoms with E-state index in [1.807, 2.05) is 0 Å². The van der Waals surface area contributed by atoms with Gasteiger partial charge in [0.1, 0.15) is 23.2 Å². The zero-order chi connectivity index (χ0) is 18.3. The molecule has 0 fully saturated rings. The van der Waals surface area contributed by atoms with Gasteiger partial charge in [0.15, 0.2) is 17.6 Å². The maximum atomic E-state index is 12.2. The average Bonchev–Trinajstić information content (AvgIpc) is 2.50. The van der Waals surface area contributed by atoms with E-state index in [-0.39, 0.29) is 28.4 Å². The van der Waals surface area contributed by atoms with Crippen molar-refractivity contribution in [3.8, 4) is 23.0 Å². The minimum absolute atomic E-state index is 0.155. The third-order valence-corrected chi connectivity index (χ3v) is 3.83.